The standard InChI is InChI=1S/C5H5.7CH3.Zr/c1-2-4-5-3-1;;;;;;;;/h1-3H,4H2;7*1H3;. The first-order valence-corrected chi connectivity index (χ1v) is 23.9. The van der Waals surface area contributed by atoms with Crippen molar-refractivity contribution in [2.75, 3.05) is 0 Å². The van der Waals surface area contributed by atoms with Gasteiger partial charge in [-0.3, -0.25) is 0 Å². The predicted molar refractivity (Wildman–Crippen MR) is 62.9 cm³/mol. The molecule has 0 aromatic carbocycles. The summed E-state index contributed by atoms with van der Waals surface area (Å²) < 4.78 is 19.3. The molecule has 0 unspecified atom stereocenters. The van der Waals surface area contributed by atoms with Gasteiger partial charge in [-0.25, -0.2) is 0 Å². The van der Waals surface area contributed by atoms with E-state index in [4.69, 9.17) is 0 Å². The van der Waals surface area contributed by atoms with Gasteiger partial charge in [0.1, 0.15) is 0 Å². The van der Waals surface area contributed by atoms with E-state index in [0.717, 1.165) is 6.42 Å². The van der Waals surface area contributed by atoms with Gasteiger partial charge < -0.3 is 0 Å². The Bertz CT molecular complexity index is 336. The summed E-state index contributed by atoms with van der Waals surface area (Å²) in [6.45, 7) is 0. The van der Waals surface area contributed by atoms with E-state index in [0.29, 0.717) is 0 Å². The van der Waals surface area contributed by atoms with Crippen LogP contribution in [0.15, 0.2) is 21.5 Å². The van der Waals surface area contributed by atoms with Crippen molar-refractivity contribution in [3.8, 4) is 0 Å². The summed E-state index contributed by atoms with van der Waals surface area (Å²) in [6.07, 6.45) is 7.96. The summed E-state index contributed by atoms with van der Waals surface area (Å²) in [4.78, 5) is 0. The Morgan fingerprint density at radius 3 is 1.54 bits per heavy atom. The van der Waals surface area contributed by atoms with Gasteiger partial charge >= 0.3 is 74.7 Å². The molecule has 0 saturated heterocycles. The van der Waals surface area contributed by atoms with Crippen LogP contribution in [-0.4, -0.2) is 0 Å². The molecule has 0 spiro atoms. The molecule has 78 valence electrons. The number of rotatable bonds is 1. The van der Waals surface area contributed by atoms with Crippen LogP contribution >= 0.6 is 0 Å². The Hall–Kier alpha value is 0.363. The first-order valence-electron chi connectivity index (χ1n) is 5.47. The van der Waals surface area contributed by atoms with Gasteiger partial charge in [-0.2, -0.15) is 0 Å². The minimum atomic E-state index is -3.87. The fourth-order valence-electron chi connectivity index (χ4n) is 1.75. The van der Waals surface area contributed by atoms with Gasteiger partial charge in [0.25, 0.3) is 0 Å². The predicted octanol–water partition coefficient (Wildman–Crippen LogP) is 5.46. The van der Waals surface area contributed by atoms with Crippen LogP contribution in [0.25, 0.3) is 0 Å². The van der Waals surface area contributed by atoms with E-state index in [-0.39, 0.29) is 0 Å². The maximum absolute atomic E-state index is 3.87. The molecule has 0 radical (unpaired) electrons. The monoisotopic (exact) mass is 260 g/mol. The molecule has 13 heavy (non-hydrogen) atoms. The summed E-state index contributed by atoms with van der Waals surface area (Å²) in [5.74, 6) is 0. The molecule has 0 fully saturated rings. The van der Waals surface area contributed by atoms with Gasteiger partial charge in [-0.15, -0.1) is 0 Å². The second-order valence-corrected chi connectivity index (χ2v) is 75.4. The molecule has 1 aliphatic carbocycles. The van der Waals surface area contributed by atoms with Crippen molar-refractivity contribution in [1.29, 1.82) is 0 Å². The van der Waals surface area contributed by atoms with Gasteiger partial charge in [-0.05, 0) is 0 Å². The molecule has 0 amide bonds. The van der Waals surface area contributed by atoms with Crippen molar-refractivity contribution in [2.24, 2.45) is 0 Å². The molecule has 0 heterocycles. The van der Waals surface area contributed by atoms with Gasteiger partial charge in [0.05, 0.1) is 0 Å². The summed E-state index contributed by atoms with van der Waals surface area (Å²) in [5.41, 5.74) is 0. The molecule has 1 heteroatoms. The fraction of sp³-hybridized carbons (Fsp3) is 0.667. The molecule has 0 aliphatic heterocycles. The van der Waals surface area contributed by atoms with E-state index in [9.17, 15) is 0 Å². The number of hydrogen-bond donors (Lipinski definition) is 0. The van der Waals surface area contributed by atoms with Crippen molar-refractivity contribution in [3.05, 3.63) is 21.5 Å². The minimum absolute atomic E-state index is 1.15. The SMILES string of the molecule is [CH3][Zr]([CH3])([CH3])([CH3])([CH3])([CH3])([CH3])[C]1=CC=CC1. The third-order valence-electron chi connectivity index (χ3n) is 3.02. The fourth-order valence-corrected chi connectivity index (χ4v) is 8.65. The molecular formula is C12H26Zr. The summed E-state index contributed by atoms with van der Waals surface area (Å²) in [5, 5.41) is 0. The van der Waals surface area contributed by atoms with Crippen LogP contribution in [0.5, 0.6) is 0 Å². The Kier molecular flexibility index (Phi) is 1.12. The van der Waals surface area contributed by atoms with Crippen molar-refractivity contribution in [1.82, 2.24) is 0 Å². The molecule has 0 aromatic heterocycles. The zero-order valence-corrected chi connectivity index (χ0v) is 12.9. The van der Waals surface area contributed by atoms with Crippen molar-refractivity contribution in [2.45, 2.75) is 38.8 Å². The van der Waals surface area contributed by atoms with E-state index < -0.39 is 14.3 Å². The molecule has 0 aromatic rings. The summed E-state index contributed by atoms with van der Waals surface area (Å²) in [6, 6.07) is 0. The molecule has 0 atom stereocenters. The van der Waals surface area contributed by atoms with Gasteiger partial charge in [0.15, 0.2) is 0 Å². The molecule has 1 rings (SSSR count). The van der Waals surface area contributed by atoms with Crippen molar-refractivity contribution < 1.29 is 14.3 Å². The van der Waals surface area contributed by atoms with E-state index in [1.165, 1.54) is 0 Å². The third kappa shape index (κ3) is 2.91. The van der Waals surface area contributed by atoms with Crippen LogP contribution < -0.4 is 0 Å². The van der Waals surface area contributed by atoms with Gasteiger partial charge in [0, 0.05) is 0 Å². The number of allylic oxidation sites excluding steroid dienone is 4. The first kappa shape index (κ1) is 11.4. The van der Waals surface area contributed by atoms with Crippen LogP contribution in [0.4, 0.5) is 0 Å². The summed E-state index contributed by atoms with van der Waals surface area (Å²) >= 11 is -3.87. The normalized spacial score (nSPS) is 29.6. The Morgan fingerprint density at radius 2 is 1.38 bits per heavy atom. The van der Waals surface area contributed by atoms with E-state index in [1.54, 1.807) is 3.28 Å². The topological polar surface area (TPSA) is 0 Å². The van der Waals surface area contributed by atoms with Crippen LogP contribution in [0.3, 0.4) is 0 Å². The van der Waals surface area contributed by atoms with Crippen molar-refractivity contribution >= 4 is 0 Å². The third-order valence-corrected chi connectivity index (χ3v) is 15.0. The second kappa shape index (κ2) is 1.28. The molecule has 0 nitrogen and oxygen atoms in total. The van der Waals surface area contributed by atoms with E-state index in [1.807, 2.05) is 0 Å². The molecule has 0 saturated carbocycles. The van der Waals surface area contributed by atoms with Crippen LogP contribution in [0, 0.1) is 0 Å². The molecule has 0 N–H and O–H groups in total. The maximum atomic E-state index is 2.52. The summed E-state index contributed by atoms with van der Waals surface area (Å²) in [7, 11) is 0. The molecular weight excluding hydrogens is 235 g/mol. The Morgan fingerprint density at radius 1 is 0.923 bits per heavy atom. The van der Waals surface area contributed by atoms with E-state index >= 15 is 0 Å². The number of hydrogen-bond acceptors (Lipinski definition) is 0. The Balaban J connectivity index is 3.65. The van der Waals surface area contributed by atoms with Gasteiger partial charge in [0.2, 0.25) is 0 Å². The van der Waals surface area contributed by atoms with Crippen LogP contribution in [0.1, 0.15) is 6.42 Å². The average molecular weight is 262 g/mol. The second-order valence-electron chi connectivity index (χ2n) is 13.6. The quantitative estimate of drug-likeness (QED) is 0.587. The zero-order valence-electron chi connectivity index (χ0n) is 10.4. The first-order chi connectivity index (χ1) is 5.00. The molecule has 0 bridgehead atoms. The zero-order chi connectivity index (χ0) is 10.8. The van der Waals surface area contributed by atoms with E-state index in [2.05, 4.69) is 50.6 Å². The Labute approximate surface area is 74.4 Å². The molecule has 1 aliphatic rings. The van der Waals surface area contributed by atoms with Gasteiger partial charge in [-0.1, -0.05) is 0 Å². The van der Waals surface area contributed by atoms with Crippen LogP contribution in [0.2, 0.25) is 32.4 Å². The van der Waals surface area contributed by atoms with Crippen molar-refractivity contribution in [3.63, 3.8) is 0 Å². The van der Waals surface area contributed by atoms with Crippen LogP contribution in [-0.2, 0) is 14.3 Å². The average Bonchev–Trinajstić information content (AvgIpc) is 1.97.